The Bertz CT molecular complexity index is 128. The molecule has 0 fully saturated rings. The van der Waals surface area contributed by atoms with Gasteiger partial charge >= 0.3 is 0 Å². The van der Waals surface area contributed by atoms with Crippen LogP contribution in [0.15, 0.2) is 12.7 Å². The van der Waals surface area contributed by atoms with E-state index in [9.17, 15) is 0 Å². The van der Waals surface area contributed by atoms with Crippen molar-refractivity contribution in [1.29, 1.82) is 0 Å². The van der Waals surface area contributed by atoms with Crippen LogP contribution in [0.3, 0.4) is 0 Å². The van der Waals surface area contributed by atoms with Crippen LogP contribution in [0.1, 0.15) is 34.1 Å². The van der Waals surface area contributed by atoms with Gasteiger partial charge in [0.05, 0.1) is 5.60 Å². The highest BCUT2D eigenvalue weighted by Crippen LogP contribution is 2.33. The third-order valence-corrected chi connectivity index (χ3v) is 2.80. The molecule has 0 aromatic heterocycles. The van der Waals surface area contributed by atoms with E-state index in [1.54, 1.807) is 7.11 Å². The van der Waals surface area contributed by atoms with Crippen molar-refractivity contribution in [1.82, 2.24) is 0 Å². The zero-order chi connectivity index (χ0) is 9.78. The van der Waals surface area contributed by atoms with Crippen molar-refractivity contribution in [2.45, 2.75) is 39.7 Å². The summed E-state index contributed by atoms with van der Waals surface area (Å²) < 4.78 is 5.63. The lowest BCUT2D eigenvalue weighted by atomic mass is 9.78. The summed E-state index contributed by atoms with van der Waals surface area (Å²) in [5, 5.41) is 0. The molecule has 0 aromatic carbocycles. The lowest BCUT2D eigenvalue weighted by molar-refractivity contribution is -0.0807. The van der Waals surface area contributed by atoms with Crippen LogP contribution in [0.25, 0.3) is 0 Å². The number of hydrogen-bond donors (Lipinski definition) is 0. The summed E-state index contributed by atoms with van der Waals surface area (Å²) in [6, 6.07) is 0. The fourth-order valence-corrected chi connectivity index (χ4v) is 1.92. The highest BCUT2D eigenvalue weighted by molar-refractivity contribution is 4.92. The standard InChI is InChI=1S/C11H22O/c1-7-8-11(12-6,9(2)3)10(4)5/h7,9-10H,1,8H2,2-6H3. The summed E-state index contributed by atoms with van der Waals surface area (Å²) >= 11 is 0. The molecule has 0 heterocycles. The monoisotopic (exact) mass is 170 g/mol. The molecule has 0 aliphatic carbocycles. The first-order valence-electron chi connectivity index (χ1n) is 4.67. The first-order chi connectivity index (χ1) is 5.51. The third-order valence-electron chi connectivity index (χ3n) is 2.80. The minimum absolute atomic E-state index is 0.0260. The second kappa shape index (κ2) is 4.66. The maximum atomic E-state index is 5.63. The minimum atomic E-state index is -0.0260. The molecule has 0 bridgehead atoms. The minimum Gasteiger partial charge on any atom is -0.377 e. The number of hydrogen-bond acceptors (Lipinski definition) is 1. The summed E-state index contributed by atoms with van der Waals surface area (Å²) in [6.07, 6.45) is 2.88. The van der Waals surface area contributed by atoms with Gasteiger partial charge in [-0.25, -0.2) is 0 Å². The Hall–Kier alpha value is -0.300. The quantitative estimate of drug-likeness (QED) is 0.575. The fraction of sp³-hybridized carbons (Fsp3) is 0.818. The third kappa shape index (κ3) is 2.10. The van der Waals surface area contributed by atoms with Crippen LogP contribution >= 0.6 is 0 Å². The van der Waals surface area contributed by atoms with Gasteiger partial charge in [-0.15, -0.1) is 6.58 Å². The average molecular weight is 170 g/mol. The van der Waals surface area contributed by atoms with E-state index in [0.29, 0.717) is 11.8 Å². The first kappa shape index (κ1) is 11.7. The van der Waals surface area contributed by atoms with Crippen LogP contribution in [0.2, 0.25) is 0 Å². The highest BCUT2D eigenvalue weighted by Gasteiger charge is 2.35. The van der Waals surface area contributed by atoms with Crippen molar-refractivity contribution in [2.24, 2.45) is 11.8 Å². The number of rotatable bonds is 5. The molecule has 1 nitrogen and oxygen atoms in total. The van der Waals surface area contributed by atoms with Crippen LogP contribution in [-0.4, -0.2) is 12.7 Å². The van der Waals surface area contributed by atoms with Crippen molar-refractivity contribution >= 4 is 0 Å². The SMILES string of the molecule is C=CCC(OC)(C(C)C)C(C)C. The van der Waals surface area contributed by atoms with Crippen molar-refractivity contribution in [3.63, 3.8) is 0 Å². The molecule has 0 aliphatic heterocycles. The summed E-state index contributed by atoms with van der Waals surface area (Å²) in [6.45, 7) is 12.6. The Morgan fingerprint density at radius 3 is 1.75 bits per heavy atom. The molecule has 0 unspecified atom stereocenters. The summed E-state index contributed by atoms with van der Waals surface area (Å²) in [5.74, 6) is 1.06. The molecule has 72 valence electrons. The maximum Gasteiger partial charge on any atom is 0.0758 e. The lowest BCUT2D eigenvalue weighted by Gasteiger charge is -2.39. The van der Waals surface area contributed by atoms with E-state index in [4.69, 9.17) is 4.74 Å². The van der Waals surface area contributed by atoms with Crippen LogP contribution in [-0.2, 0) is 4.74 Å². The zero-order valence-corrected chi connectivity index (χ0v) is 9.05. The molecule has 0 spiro atoms. The van der Waals surface area contributed by atoms with Gasteiger partial charge in [-0.05, 0) is 18.3 Å². The molecule has 1 heteroatoms. The number of methoxy groups -OCH3 is 1. The topological polar surface area (TPSA) is 9.23 Å². The second-order valence-electron chi connectivity index (χ2n) is 3.96. The van der Waals surface area contributed by atoms with Crippen LogP contribution < -0.4 is 0 Å². The Labute approximate surface area is 76.8 Å². The van der Waals surface area contributed by atoms with Crippen LogP contribution in [0, 0.1) is 11.8 Å². The highest BCUT2D eigenvalue weighted by atomic mass is 16.5. The lowest BCUT2D eigenvalue weighted by Crippen LogP contribution is -2.42. The fourth-order valence-electron chi connectivity index (χ4n) is 1.92. The van der Waals surface area contributed by atoms with Gasteiger partial charge < -0.3 is 4.74 Å². The Kier molecular flexibility index (Phi) is 4.54. The van der Waals surface area contributed by atoms with Gasteiger partial charge in [0.1, 0.15) is 0 Å². The molecule has 0 atom stereocenters. The van der Waals surface area contributed by atoms with Gasteiger partial charge in [-0.1, -0.05) is 33.8 Å². The molecule has 0 amide bonds. The second-order valence-corrected chi connectivity index (χ2v) is 3.96. The van der Waals surface area contributed by atoms with Gasteiger partial charge in [0.2, 0.25) is 0 Å². The van der Waals surface area contributed by atoms with E-state index in [1.807, 2.05) is 6.08 Å². The molecular formula is C11H22O. The van der Waals surface area contributed by atoms with E-state index in [2.05, 4.69) is 34.3 Å². The van der Waals surface area contributed by atoms with E-state index < -0.39 is 0 Å². The van der Waals surface area contributed by atoms with Gasteiger partial charge in [0.25, 0.3) is 0 Å². The van der Waals surface area contributed by atoms with Crippen molar-refractivity contribution < 1.29 is 4.74 Å². The van der Waals surface area contributed by atoms with Gasteiger partial charge in [-0.2, -0.15) is 0 Å². The number of ether oxygens (including phenoxy) is 1. The molecule has 0 aromatic rings. The van der Waals surface area contributed by atoms with Crippen LogP contribution in [0.4, 0.5) is 0 Å². The zero-order valence-electron chi connectivity index (χ0n) is 9.05. The van der Waals surface area contributed by atoms with Crippen molar-refractivity contribution in [3.8, 4) is 0 Å². The first-order valence-corrected chi connectivity index (χ1v) is 4.67. The normalized spacial score (nSPS) is 12.6. The summed E-state index contributed by atoms with van der Waals surface area (Å²) in [7, 11) is 1.80. The molecular weight excluding hydrogens is 148 g/mol. The van der Waals surface area contributed by atoms with Gasteiger partial charge in [0.15, 0.2) is 0 Å². The largest absolute Gasteiger partial charge is 0.377 e. The van der Waals surface area contributed by atoms with Crippen LogP contribution in [0.5, 0.6) is 0 Å². The average Bonchev–Trinajstić information content (AvgIpc) is 1.98. The van der Waals surface area contributed by atoms with E-state index in [-0.39, 0.29) is 5.60 Å². The van der Waals surface area contributed by atoms with E-state index in [1.165, 1.54) is 0 Å². The molecule has 0 saturated heterocycles. The van der Waals surface area contributed by atoms with Crippen molar-refractivity contribution in [2.75, 3.05) is 7.11 Å². The molecule has 0 N–H and O–H groups in total. The van der Waals surface area contributed by atoms with Crippen molar-refractivity contribution in [3.05, 3.63) is 12.7 Å². The molecule has 0 saturated carbocycles. The summed E-state index contributed by atoms with van der Waals surface area (Å²) in [4.78, 5) is 0. The Morgan fingerprint density at radius 2 is 1.67 bits per heavy atom. The Balaban J connectivity index is 4.62. The smallest absolute Gasteiger partial charge is 0.0758 e. The molecule has 0 radical (unpaired) electrons. The van der Waals surface area contributed by atoms with Gasteiger partial charge in [-0.3, -0.25) is 0 Å². The summed E-state index contributed by atoms with van der Waals surface area (Å²) in [5.41, 5.74) is -0.0260. The predicted molar refractivity (Wildman–Crippen MR) is 54.2 cm³/mol. The Morgan fingerprint density at radius 1 is 1.25 bits per heavy atom. The maximum absolute atomic E-state index is 5.63. The molecule has 0 aliphatic rings. The molecule has 12 heavy (non-hydrogen) atoms. The van der Waals surface area contributed by atoms with E-state index in [0.717, 1.165) is 6.42 Å². The predicted octanol–water partition coefficient (Wildman–Crippen LogP) is 3.26. The van der Waals surface area contributed by atoms with Gasteiger partial charge in [0, 0.05) is 7.11 Å². The molecule has 0 rings (SSSR count). The van der Waals surface area contributed by atoms with E-state index >= 15 is 0 Å².